The number of aromatic amines is 1. The summed E-state index contributed by atoms with van der Waals surface area (Å²) in [6.45, 7) is 29.5. The van der Waals surface area contributed by atoms with Crippen molar-refractivity contribution in [3.63, 3.8) is 0 Å². The largest absolute Gasteiger partial charge is 1.00 e. The molecule has 6 aromatic rings. The number of hydrogen-bond acceptors (Lipinski definition) is 8. The Morgan fingerprint density at radius 3 is 1.41 bits per heavy atom. The summed E-state index contributed by atoms with van der Waals surface area (Å²) < 4.78 is 56.1. The molecule has 0 aliphatic carbocycles. The summed E-state index contributed by atoms with van der Waals surface area (Å²) in [6.07, 6.45) is 5.76. The third-order valence-electron chi connectivity index (χ3n) is 13.0. The Kier molecular flexibility index (Phi) is 33.6. The van der Waals surface area contributed by atoms with Gasteiger partial charge in [-0.05, 0) is 136 Å². The third kappa shape index (κ3) is 26.6. The van der Waals surface area contributed by atoms with Gasteiger partial charge in [-0.15, -0.1) is 5.60 Å². The van der Waals surface area contributed by atoms with Crippen molar-refractivity contribution in [2.24, 2.45) is 0 Å². The van der Waals surface area contributed by atoms with Gasteiger partial charge in [-0.1, -0.05) is 119 Å². The Bertz CT molecular complexity index is 2670. The zero-order valence-corrected chi connectivity index (χ0v) is 55.0. The molecule has 2 heterocycles. The van der Waals surface area contributed by atoms with Crippen LogP contribution >= 0.6 is 0 Å². The average molecular weight is 1130 g/mol. The van der Waals surface area contributed by atoms with Gasteiger partial charge in [-0.25, -0.2) is 13.2 Å². The summed E-state index contributed by atoms with van der Waals surface area (Å²) in [5.41, 5.74) is 4.29. The number of nitrogens with one attached hydrogen (secondary N) is 2. The first-order valence-corrected chi connectivity index (χ1v) is 26.9. The molecule has 2 atom stereocenters. The molecule has 1 aliphatic heterocycles. The summed E-state index contributed by atoms with van der Waals surface area (Å²) in [5, 5.41) is 26.3. The molecule has 2 unspecified atom stereocenters. The molecule has 0 saturated heterocycles. The smallest absolute Gasteiger partial charge is 0.850 e. The number of ketones is 2. The predicted octanol–water partition coefficient (Wildman–Crippen LogP) is 9.50. The maximum atomic E-state index is 13.9. The minimum Gasteiger partial charge on any atom is -0.850 e. The molecule has 1 aliphatic rings. The van der Waals surface area contributed by atoms with Gasteiger partial charge in [-0.3, -0.25) is 9.59 Å². The van der Waals surface area contributed by atoms with E-state index < -0.39 is 27.4 Å². The van der Waals surface area contributed by atoms with E-state index in [1.807, 2.05) is 66.7 Å². The van der Waals surface area contributed by atoms with Crippen molar-refractivity contribution in [1.29, 1.82) is 0 Å². The van der Waals surface area contributed by atoms with Crippen LogP contribution in [0.15, 0.2) is 109 Å². The summed E-state index contributed by atoms with van der Waals surface area (Å²) in [5.74, 6) is 1.14. The number of carbonyl (C=O) groups excluding carboxylic acids is 2. The number of carbonyl (C=O) groups is 2. The first-order chi connectivity index (χ1) is 36.3. The van der Waals surface area contributed by atoms with Crippen LogP contribution in [0.5, 0.6) is 17.2 Å². The molecule has 1 aromatic heterocycles. The number of para-hydroxylation sites is 2. The van der Waals surface area contributed by atoms with Crippen molar-refractivity contribution < 1.29 is 117 Å². The third-order valence-corrected chi connectivity index (χ3v) is 13.0. The second-order valence-electron chi connectivity index (χ2n) is 23.1. The molecule has 0 amide bonds. The van der Waals surface area contributed by atoms with Gasteiger partial charge < -0.3 is 41.6 Å². The van der Waals surface area contributed by atoms with E-state index >= 15 is 0 Å². The molecular weight excluding hydrogens is 1040 g/mol. The number of ether oxygens (including phenoxy) is 3. The monoisotopic (exact) mass is 1130 g/mol. The molecule has 430 valence electrons. The number of aromatic nitrogens is 1. The van der Waals surface area contributed by atoms with Crippen molar-refractivity contribution >= 4 is 28.2 Å². The topological polar surface area (TPSA) is 133 Å². The van der Waals surface area contributed by atoms with Crippen LogP contribution in [-0.2, 0) is 32.3 Å². The first kappa shape index (κ1) is 76.1. The van der Waals surface area contributed by atoms with E-state index in [0.29, 0.717) is 49.4 Å². The summed E-state index contributed by atoms with van der Waals surface area (Å²) in [4.78, 5) is 25.6. The molecular formula is C66H91F3KLiN2O7. The minimum absolute atomic E-state index is 0. The van der Waals surface area contributed by atoms with E-state index in [0.717, 1.165) is 35.2 Å². The van der Waals surface area contributed by atoms with Gasteiger partial charge in [0, 0.05) is 63.3 Å². The molecule has 14 heteroatoms. The van der Waals surface area contributed by atoms with E-state index in [-0.39, 0.29) is 105 Å². The number of aryl methyl sites for hydroxylation is 1. The van der Waals surface area contributed by atoms with Crippen LogP contribution in [0.3, 0.4) is 0 Å². The average Bonchev–Trinajstić information content (AvgIpc) is 3.94. The van der Waals surface area contributed by atoms with Gasteiger partial charge in [0.05, 0.1) is 26.9 Å². The van der Waals surface area contributed by atoms with Crippen molar-refractivity contribution in [3.05, 3.63) is 162 Å². The number of Topliss-reactive ketones (excluding diaryl/α,β-unsaturated/α-hetero) is 2. The quantitative estimate of drug-likeness (QED) is 0.0646. The van der Waals surface area contributed by atoms with Gasteiger partial charge in [0.15, 0.2) is 0 Å². The molecule has 0 fully saturated rings. The molecule has 9 nitrogen and oxygen atoms in total. The molecule has 0 saturated carbocycles. The second-order valence-corrected chi connectivity index (χ2v) is 23.1. The number of H-pyrrole nitrogens is 1. The van der Waals surface area contributed by atoms with E-state index in [2.05, 4.69) is 67.5 Å². The number of benzene rings is 5. The maximum absolute atomic E-state index is 13.9. The number of halogens is 3. The van der Waals surface area contributed by atoms with E-state index in [1.165, 1.54) is 78.8 Å². The Morgan fingerprint density at radius 2 is 1.05 bits per heavy atom. The van der Waals surface area contributed by atoms with Crippen molar-refractivity contribution in [2.45, 2.75) is 182 Å². The fourth-order valence-corrected chi connectivity index (χ4v) is 9.50. The summed E-state index contributed by atoms with van der Waals surface area (Å²) >= 11 is 0. The molecule has 0 radical (unpaired) electrons. The van der Waals surface area contributed by atoms with E-state index in [4.69, 9.17) is 14.2 Å². The summed E-state index contributed by atoms with van der Waals surface area (Å²) in [6, 6.07) is 32.3. The number of aliphatic hydroxyl groups is 1. The Balaban J connectivity index is 0.00000102. The number of methoxy groups -OCH3 is 3. The van der Waals surface area contributed by atoms with Gasteiger partial charge >= 0.3 is 70.2 Å². The van der Waals surface area contributed by atoms with Crippen LogP contribution in [-0.4, -0.2) is 60.2 Å². The minimum atomic E-state index is -0.847. The van der Waals surface area contributed by atoms with Gasteiger partial charge in [0.2, 0.25) is 0 Å². The van der Waals surface area contributed by atoms with E-state index in [9.17, 15) is 33.0 Å². The SMILES string of the molecule is CC(C)(C)[O-].CCC(O)(CC1Cc2ccccc2N1)CC(C)(C)c1cc(F)ccc1OC.COc1ccc(F)cc1C(C)(C)CC(C)=O.COc1ccc(F)cc1C(C)(C)CC(C)=O.Cc1cc2ccccc2[nH]1.[CH2-]CCC.[K+].[Li+]. The zero-order chi connectivity index (χ0) is 59.2. The van der Waals surface area contributed by atoms with Gasteiger partial charge in [-0.2, -0.15) is 6.42 Å². The fraction of sp³-hybridized carbons (Fsp3) is 0.470. The van der Waals surface area contributed by atoms with Gasteiger partial charge in [0.25, 0.3) is 0 Å². The van der Waals surface area contributed by atoms with Crippen LogP contribution in [0.1, 0.15) is 163 Å². The van der Waals surface area contributed by atoms with Crippen molar-refractivity contribution in [2.75, 3.05) is 26.6 Å². The van der Waals surface area contributed by atoms with E-state index in [1.54, 1.807) is 60.3 Å². The molecule has 0 spiro atoms. The Hall–Kier alpha value is -3.88. The van der Waals surface area contributed by atoms with Crippen LogP contribution in [0.2, 0.25) is 0 Å². The number of hydrogen-bond donors (Lipinski definition) is 3. The Labute approximate surface area is 533 Å². The second kappa shape index (κ2) is 35.3. The Morgan fingerprint density at radius 1 is 0.662 bits per heavy atom. The predicted molar refractivity (Wildman–Crippen MR) is 314 cm³/mol. The fourth-order valence-electron chi connectivity index (χ4n) is 9.50. The first-order valence-electron chi connectivity index (χ1n) is 26.9. The van der Waals surface area contributed by atoms with Crippen LogP contribution in [0.4, 0.5) is 18.9 Å². The standard InChI is InChI=1S/C23H30FNO2.2C13H17FO2.C9H9N.C4H9O.C4H9.K.Li/c1-5-23(26,14-18-12-16-8-6-7-9-20(16)25-18)15-22(2,3)19-13-17(24)10-11-21(19)27-4;2*1-9(15)8-13(2,3)11-7-10(14)5-6-12(11)16-4;1-7-6-8-4-2-3-5-9(8)10-7;1-4(2,3)5;1-3-4-2;;/h6-11,13,18,25-26H,5,12,14-15H2,1-4H3;2*5-7H,8H2,1-4H3;2-6,10H,1H3;1-3H3;1,3-4H2,2H3;;/q;;;;2*-1;2*+1. The number of rotatable bonds is 16. The summed E-state index contributed by atoms with van der Waals surface area (Å²) in [7, 11) is 4.68. The molecule has 3 N–H and O–H groups in total. The molecule has 80 heavy (non-hydrogen) atoms. The molecule has 0 bridgehead atoms. The van der Waals surface area contributed by atoms with Crippen LogP contribution in [0, 0.1) is 31.3 Å². The van der Waals surface area contributed by atoms with Crippen molar-refractivity contribution in [1.82, 2.24) is 4.98 Å². The number of fused-ring (bicyclic) bond motifs is 2. The van der Waals surface area contributed by atoms with Crippen LogP contribution in [0.25, 0.3) is 10.9 Å². The van der Waals surface area contributed by atoms with Crippen molar-refractivity contribution in [3.8, 4) is 17.2 Å². The number of unbranched alkanes of at least 4 members (excludes halogenated alkanes) is 1. The maximum Gasteiger partial charge on any atom is 1.00 e. The molecule has 7 rings (SSSR count). The number of anilines is 1. The van der Waals surface area contributed by atoms with Gasteiger partial charge in [0.1, 0.15) is 46.3 Å². The zero-order valence-electron chi connectivity index (χ0n) is 51.9. The molecule has 5 aromatic carbocycles. The van der Waals surface area contributed by atoms with Crippen LogP contribution < -0.4 is 94.9 Å². The normalized spacial score (nSPS) is 13.2.